The van der Waals surface area contributed by atoms with E-state index in [2.05, 4.69) is 40.5 Å². The molecular formula is C28H32N2O2. The van der Waals surface area contributed by atoms with Gasteiger partial charge in [0.25, 0.3) is 0 Å². The topological polar surface area (TPSA) is 41.6 Å². The van der Waals surface area contributed by atoms with E-state index in [0.717, 1.165) is 54.8 Å². The van der Waals surface area contributed by atoms with Gasteiger partial charge in [-0.05, 0) is 55.1 Å². The van der Waals surface area contributed by atoms with Crippen molar-refractivity contribution < 1.29 is 9.53 Å². The number of carbonyl (C=O) groups excluding carboxylic acids is 1. The second kappa shape index (κ2) is 10.5. The highest BCUT2D eigenvalue weighted by molar-refractivity contribution is 5.91. The number of amides is 1. The average molecular weight is 429 g/mol. The van der Waals surface area contributed by atoms with Gasteiger partial charge in [0.1, 0.15) is 5.75 Å². The minimum absolute atomic E-state index is 0.0340. The predicted molar refractivity (Wildman–Crippen MR) is 129 cm³/mol. The van der Waals surface area contributed by atoms with Crippen LogP contribution in [0.15, 0.2) is 84.9 Å². The number of likely N-dealkylation sites (tertiary alicyclic amines) is 1. The maximum atomic E-state index is 14.1. The average Bonchev–Trinajstić information content (AvgIpc) is 2.87. The smallest absolute Gasteiger partial charge is 0.249 e. The Morgan fingerprint density at radius 2 is 1.41 bits per heavy atom. The van der Waals surface area contributed by atoms with Gasteiger partial charge in [0.2, 0.25) is 5.91 Å². The minimum Gasteiger partial charge on any atom is -0.496 e. The molecule has 1 aliphatic heterocycles. The number of hydrogen-bond donors (Lipinski definition) is 1. The molecule has 0 radical (unpaired) electrons. The lowest BCUT2D eigenvalue weighted by Gasteiger charge is -2.45. The van der Waals surface area contributed by atoms with Crippen LogP contribution in [0.25, 0.3) is 0 Å². The minimum atomic E-state index is -0.844. The molecule has 4 heteroatoms. The van der Waals surface area contributed by atoms with Crippen LogP contribution in [0.5, 0.6) is 5.75 Å². The van der Waals surface area contributed by atoms with Crippen molar-refractivity contribution in [2.45, 2.75) is 31.2 Å². The lowest BCUT2D eigenvalue weighted by Crippen LogP contribution is -2.58. The summed E-state index contributed by atoms with van der Waals surface area (Å²) in [5.74, 6) is 0.891. The van der Waals surface area contributed by atoms with E-state index in [1.165, 1.54) is 6.42 Å². The van der Waals surface area contributed by atoms with Crippen LogP contribution in [0.1, 0.15) is 36.0 Å². The molecule has 4 rings (SSSR count). The first-order valence-corrected chi connectivity index (χ1v) is 11.5. The summed E-state index contributed by atoms with van der Waals surface area (Å²) in [6.07, 6.45) is 4.15. The third kappa shape index (κ3) is 4.42. The van der Waals surface area contributed by atoms with E-state index in [1.54, 1.807) is 7.11 Å². The highest BCUT2D eigenvalue weighted by Crippen LogP contribution is 2.38. The van der Waals surface area contributed by atoms with Crippen molar-refractivity contribution in [2.24, 2.45) is 0 Å². The van der Waals surface area contributed by atoms with Gasteiger partial charge in [0.15, 0.2) is 5.54 Å². The highest BCUT2D eigenvalue weighted by atomic mass is 16.5. The molecule has 166 valence electrons. The molecule has 0 spiro atoms. The van der Waals surface area contributed by atoms with E-state index in [9.17, 15) is 4.79 Å². The molecule has 0 bridgehead atoms. The zero-order valence-electron chi connectivity index (χ0n) is 18.8. The number of nitrogens with one attached hydrogen (secondary N) is 1. The summed E-state index contributed by atoms with van der Waals surface area (Å²) in [6.45, 7) is 2.36. The normalized spacial score (nSPS) is 14.7. The largest absolute Gasteiger partial charge is 0.496 e. The van der Waals surface area contributed by atoms with Crippen molar-refractivity contribution in [3.63, 3.8) is 0 Å². The number of benzene rings is 3. The van der Waals surface area contributed by atoms with Crippen molar-refractivity contribution in [2.75, 3.05) is 26.7 Å². The van der Waals surface area contributed by atoms with Crippen molar-refractivity contribution >= 4 is 5.91 Å². The number of ether oxygens (including phenoxy) is 1. The molecule has 0 saturated carbocycles. The fraction of sp³-hybridized carbons (Fsp3) is 0.321. The molecular weight excluding hydrogens is 396 g/mol. The first-order chi connectivity index (χ1) is 15.8. The molecule has 1 aliphatic rings. The SMILES string of the molecule is COc1ccccc1CCNC(=O)C(c1ccccc1)(c1ccccc1)N1CCCCC1. The van der Waals surface area contributed by atoms with Gasteiger partial charge in [0, 0.05) is 6.54 Å². The second-order valence-electron chi connectivity index (χ2n) is 8.31. The van der Waals surface area contributed by atoms with Crippen molar-refractivity contribution in [3.8, 4) is 5.75 Å². The van der Waals surface area contributed by atoms with Gasteiger partial charge < -0.3 is 10.1 Å². The Balaban J connectivity index is 1.68. The van der Waals surface area contributed by atoms with Crippen LogP contribution in [-0.4, -0.2) is 37.6 Å². The maximum Gasteiger partial charge on any atom is 0.249 e. The first-order valence-electron chi connectivity index (χ1n) is 11.5. The van der Waals surface area contributed by atoms with Crippen LogP contribution < -0.4 is 10.1 Å². The first kappa shape index (κ1) is 22.1. The number of piperidine rings is 1. The molecule has 1 amide bonds. The number of methoxy groups -OCH3 is 1. The maximum absolute atomic E-state index is 14.1. The van der Waals surface area contributed by atoms with Crippen LogP contribution in [0.3, 0.4) is 0 Å². The van der Waals surface area contributed by atoms with Crippen molar-refractivity contribution in [3.05, 3.63) is 102 Å². The molecule has 0 aromatic heterocycles. The van der Waals surface area contributed by atoms with E-state index in [-0.39, 0.29) is 5.91 Å². The number of carbonyl (C=O) groups is 1. The van der Waals surface area contributed by atoms with Crippen LogP contribution in [0.2, 0.25) is 0 Å². The summed E-state index contributed by atoms with van der Waals surface area (Å²) in [5.41, 5.74) is 2.29. The van der Waals surface area contributed by atoms with Crippen molar-refractivity contribution in [1.29, 1.82) is 0 Å². The number of hydrogen-bond acceptors (Lipinski definition) is 3. The van der Waals surface area contributed by atoms with E-state index < -0.39 is 5.54 Å². The number of nitrogens with zero attached hydrogens (tertiary/aromatic N) is 1. The molecule has 32 heavy (non-hydrogen) atoms. The Morgan fingerprint density at radius 3 is 2.00 bits per heavy atom. The lowest BCUT2D eigenvalue weighted by atomic mass is 9.79. The molecule has 1 N–H and O–H groups in total. The molecule has 1 heterocycles. The Labute approximate surface area is 191 Å². The lowest BCUT2D eigenvalue weighted by molar-refractivity contribution is -0.132. The van der Waals surface area contributed by atoms with E-state index in [1.807, 2.05) is 54.6 Å². The van der Waals surface area contributed by atoms with Gasteiger partial charge in [-0.3, -0.25) is 9.69 Å². The Kier molecular flexibility index (Phi) is 7.23. The molecule has 0 unspecified atom stereocenters. The zero-order valence-corrected chi connectivity index (χ0v) is 18.8. The van der Waals surface area contributed by atoms with Crippen LogP contribution >= 0.6 is 0 Å². The van der Waals surface area contributed by atoms with E-state index in [4.69, 9.17) is 4.74 Å². The molecule has 0 aliphatic carbocycles. The summed E-state index contributed by atoms with van der Waals surface area (Å²) in [7, 11) is 1.68. The highest BCUT2D eigenvalue weighted by Gasteiger charge is 2.47. The van der Waals surface area contributed by atoms with Crippen LogP contribution in [0, 0.1) is 0 Å². The van der Waals surface area contributed by atoms with Gasteiger partial charge >= 0.3 is 0 Å². The van der Waals surface area contributed by atoms with Gasteiger partial charge in [-0.25, -0.2) is 0 Å². The number of rotatable bonds is 8. The summed E-state index contributed by atoms with van der Waals surface area (Å²) in [5, 5.41) is 3.28. The Bertz CT molecular complexity index is 959. The van der Waals surface area contributed by atoms with Crippen LogP contribution in [0.4, 0.5) is 0 Å². The Hall–Kier alpha value is -3.11. The summed E-state index contributed by atoms with van der Waals surface area (Å²) in [6, 6.07) is 28.4. The van der Waals surface area contributed by atoms with Crippen molar-refractivity contribution in [1.82, 2.24) is 10.2 Å². The summed E-state index contributed by atoms with van der Waals surface area (Å²) in [4.78, 5) is 16.5. The third-order valence-corrected chi connectivity index (χ3v) is 6.41. The molecule has 1 saturated heterocycles. The quantitative estimate of drug-likeness (QED) is 0.561. The number of para-hydroxylation sites is 1. The van der Waals surface area contributed by atoms with Crippen LogP contribution in [-0.2, 0) is 16.8 Å². The van der Waals surface area contributed by atoms with Gasteiger partial charge in [-0.1, -0.05) is 85.3 Å². The third-order valence-electron chi connectivity index (χ3n) is 6.41. The standard InChI is InChI=1S/C28H32N2O2/c1-32-26-18-10-9-13-23(26)19-20-29-27(31)28(24-14-5-2-6-15-24,25-16-7-3-8-17-25)30-21-11-4-12-22-30/h2-3,5-10,13-18H,4,11-12,19-22H2,1H3,(H,29,31). The van der Waals surface area contributed by atoms with Gasteiger partial charge in [-0.2, -0.15) is 0 Å². The summed E-state index contributed by atoms with van der Waals surface area (Å²) >= 11 is 0. The summed E-state index contributed by atoms with van der Waals surface area (Å²) < 4.78 is 5.48. The monoisotopic (exact) mass is 428 g/mol. The molecule has 3 aromatic rings. The molecule has 3 aromatic carbocycles. The fourth-order valence-corrected chi connectivity index (χ4v) is 4.87. The second-order valence-corrected chi connectivity index (χ2v) is 8.31. The zero-order chi connectivity index (χ0) is 22.2. The fourth-order valence-electron chi connectivity index (χ4n) is 4.87. The van der Waals surface area contributed by atoms with Gasteiger partial charge in [-0.15, -0.1) is 0 Å². The molecule has 0 atom stereocenters. The predicted octanol–water partition coefficient (Wildman–Crippen LogP) is 4.78. The molecule has 1 fully saturated rings. The van der Waals surface area contributed by atoms with E-state index >= 15 is 0 Å². The van der Waals surface area contributed by atoms with Gasteiger partial charge in [0.05, 0.1) is 7.11 Å². The van der Waals surface area contributed by atoms with E-state index in [0.29, 0.717) is 6.54 Å². The molecule has 4 nitrogen and oxygen atoms in total. The Morgan fingerprint density at radius 1 is 0.844 bits per heavy atom.